The molecule has 1 heterocycles. The van der Waals surface area contributed by atoms with E-state index in [4.69, 9.17) is 32.5 Å². The molecule has 1 aliphatic carbocycles. The van der Waals surface area contributed by atoms with Gasteiger partial charge in [0.15, 0.2) is 15.7 Å². The lowest BCUT2D eigenvalue weighted by Gasteiger charge is -2.17. The van der Waals surface area contributed by atoms with Crippen LogP contribution in [0.4, 0.5) is 10.1 Å². The van der Waals surface area contributed by atoms with Crippen LogP contribution in [0.5, 0.6) is 0 Å². The van der Waals surface area contributed by atoms with E-state index in [-0.39, 0.29) is 35.5 Å². The molecule has 14 heteroatoms. The van der Waals surface area contributed by atoms with Gasteiger partial charge >= 0.3 is 0 Å². The van der Waals surface area contributed by atoms with Crippen molar-refractivity contribution in [3.05, 3.63) is 93.5 Å². The van der Waals surface area contributed by atoms with Crippen LogP contribution in [-0.2, 0) is 36.3 Å². The Kier molecular flexibility index (Phi) is 8.68. The lowest BCUT2D eigenvalue weighted by Crippen LogP contribution is -2.16. The number of carbonyl (C=O) groups excluding carboxylic acids is 1. The molecule has 1 fully saturated rings. The second-order valence-corrected chi connectivity index (χ2v) is 15.7. The van der Waals surface area contributed by atoms with Crippen molar-refractivity contribution in [1.82, 2.24) is 10.1 Å². The molecule has 2 atom stereocenters. The summed E-state index contributed by atoms with van der Waals surface area (Å²) in [5.74, 6) is 0.0881. The first-order valence-electron chi connectivity index (χ1n) is 13.4. The fraction of sp³-hybridized carbons (Fsp3) is 0.276. The van der Waals surface area contributed by atoms with E-state index in [1.54, 1.807) is 62.4 Å². The van der Waals surface area contributed by atoms with E-state index in [1.165, 1.54) is 12.1 Å². The smallest absolute Gasteiger partial charge is 0.257 e. The lowest BCUT2D eigenvalue weighted by molar-refractivity contribution is -0.115. The highest BCUT2D eigenvalue weighted by Gasteiger charge is 2.52. The zero-order chi connectivity index (χ0) is 31.0. The van der Waals surface area contributed by atoms with Crippen LogP contribution in [-0.4, -0.2) is 36.0 Å². The van der Waals surface area contributed by atoms with E-state index in [2.05, 4.69) is 19.2 Å². The number of nitrogens with one attached hydrogen (secondary N) is 2. The fourth-order valence-corrected chi connectivity index (χ4v) is 9.15. The van der Waals surface area contributed by atoms with Crippen LogP contribution in [0.1, 0.15) is 43.6 Å². The number of nitrogens with zero attached hydrogens (tertiary/aromatic N) is 3. The van der Waals surface area contributed by atoms with E-state index in [1.807, 2.05) is 0 Å². The minimum atomic E-state index is -3.30. The van der Waals surface area contributed by atoms with Crippen LogP contribution in [0.25, 0.3) is 11.5 Å². The monoisotopic (exact) mass is 663 g/mol. The SMILES string of the molecule is CCS(=N)(=O)N=S(=O)(CC)c1ccc(CC(=O)Nc2cc(Cl)c(C3(c4noc(-c5ccc(F)cc5)n4)CC3)c(Cl)c2)cc1. The quantitative estimate of drug-likeness (QED) is 0.183. The van der Waals surface area contributed by atoms with Crippen molar-refractivity contribution in [2.45, 2.75) is 43.4 Å². The molecule has 1 amide bonds. The molecule has 1 aliphatic rings. The number of halogens is 3. The topological polar surface area (TPSA) is 138 Å². The molecule has 5 rings (SSSR count). The van der Waals surface area contributed by atoms with Crippen molar-refractivity contribution in [2.75, 3.05) is 16.8 Å². The first kappa shape index (κ1) is 31.1. The van der Waals surface area contributed by atoms with Gasteiger partial charge in [0.05, 0.1) is 21.6 Å². The summed E-state index contributed by atoms with van der Waals surface area (Å²) < 4.78 is 55.8. The molecule has 43 heavy (non-hydrogen) atoms. The predicted octanol–water partition coefficient (Wildman–Crippen LogP) is 7.27. The first-order valence-corrected chi connectivity index (χ1v) is 17.5. The van der Waals surface area contributed by atoms with Gasteiger partial charge in [0.2, 0.25) is 5.91 Å². The summed E-state index contributed by atoms with van der Waals surface area (Å²) in [7, 11) is -6.32. The summed E-state index contributed by atoms with van der Waals surface area (Å²) in [6.07, 6.45) is 1.42. The summed E-state index contributed by atoms with van der Waals surface area (Å²) in [5.41, 5.74) is 1.66. The van der Waals surface area contributed by atoms with Crippen LogP contribution >= 0.6 is 23.2 Å². The van der Waals surface area contributed by atoms with Crippen molar-refractivity contribution < 1.29 is 22.1 Å². The van der Waals surface area contributed by atoms with Gasteiger partial charge in [-0.2, -0.15) is 4.98 Å². The second-order valence-electron chi connectivity index (χ2n) is 10.1. The highest BCUT2D eigenvalue weighted by molar-refractivity contribution is 8.03. The van der Waals surface area contributed by atoms with E-state index < -0.39 is 25.1 Å². The Bertz CT molecular complexity index is 1890. The maximum atomic E-state index is 13.3. The third-order valence-electron chi connectivity index (χ3n) is 7.18. The highest BCUT2D eigenvalue weighted by atomic mass is 35.5. The number of carbonyl (C=O) groups is 1. The molecule has 0 saturated heterocycles. The van der Waals surface area contributed by atoms with Gasteiger partial charge in [0.25, 0.3) is 5.89 Å². The number of anilines is 1. The average Bonchev–Trinajstić information content (AvgIpc) is 3.59. The molecule has 0 aliphatic heterocycles. The molecule has 0 spiro atoms. The van der Waals surface area contributed by atoms with Gasteiger partial charge in [-0.1, -0.05) is 54.3 Å². The molecule has 0 radical (unpaired) electrons. The van der Waals surface area contributed by atoms with Gasteiger partial charge in [-0.25, -0.2) is 17.6 Å². The standard InChI is InChI=1S/C29H28Cl2FN5O4S2/c1-3-42(39,37-43(33,40)4-2)22-11-5-18(6-12-22)15-25(38)34-21-16-23(30)26(24(31)17-21)29(13-14-29)28-35-27(41-36-28)19-7-9-20(32)10-8-19/h5-12,16-17,33H,3-4,13-15H2,1-2H3,(H,34,38). The summed E-state index contributed by atoms with van der Waals surface area (Å²) in [5, 5.41) is 7.65. The number of rotatable bonds is 10. The zero-order valence-electron chi connectivity index (χ0n) is 23.2. The predicted molar refractivity (Wildman–Crippen MR) is 166 cm³/mol. The van der Waals surface area contributed by atoms with Crippen molar-refractivity contribution in [1.29, 1.82) is 4.78 Å². The van der Waals surface area contributed by atoms with Crippen molar-refractivity contribution >= 4 is 54.4 Å². The molecule has 2 unspecified atom stereocenters. The molecule has 4 aromatic rings. The maximum Gasteiger partial charge on any atom is 0.257 e. The third-order valence-corrected chi connectivity index (χ3v) is 12.3. The lowest BCUT2D eigenvalue weighted by atomic mass is 9.94. The summed E-state index contributed by atoms with van der Waals surface area (Å²) in [4.78, 5) is 17.7. The molecular formula is C29H28Cl2FN5O4S2. The summed E-state index contributed by atoms with van der Waals surface area (Å²) in [6.45, 7) is 3.23. The maximum absolute atomic E-state index is 13.3. The Morgan fingerprint density at radius 2 is 1.67 bits per heavy atom. The number of benzene rings is 3. The Morgan fingerprint density at radius 3 is 2.23 bits per heavy atom. The average molecular weight is 665 g/mol. The van der Waals surface area contributed by atoms with E-state index in [9.17, 15) is 17.6 Å². The van der Waals surface area contributed by atoms with Gasteiger partial charge in [-0.3, -0.25) is 4.79 Å². The van der Waals surface area contributed by atoms with E-state index in [0.29, 0.717) is 56.0 Å². The molecule has 1 aromatic heterocycles. The number of hydrogen-bond donors (Lipinski definition) is 2. The number of amides is 1. The van der Waals surface area contributed by atoms with E-state index >= 15 is 0 Å². The molecule has 1 saturated carbocycles. The Balaban J connectivity index is 1.30. The van der Waals surface area contributed by atoms with Gasteiger partial charge in [0.1, 0.15) is 5.82 Å². The second kappa shape index (κ2) is 12.0. The molecule has 226 valence electrons. The Labute approximate surface area is 259 Å². The highest BCUT2D eigenvalue weighted by Crippen LogP contribution is 2.57. The first-order chi connectivity index (χ1) is 20.4. The minimum absolute atomic E-state index is 0.0187. The van der Waals surface area contributed by atoms with Crippen molar-refractivity contribution in [3.8, 4) is 11.5 Å². The molecule has 9 nitrogen and oxygen atoms in total. The van der Waals surface area contributed by atoms with Crippen molar-refractivity contribution in [2.24, 2.45) is 3.77 Å². The molecule has 2 N–H and O–H groups in total. The van der Waals surface area contributed by atoms with Gasteiger partial charge in [0, 0.05) is 43.3 Å². The normalized spacial score (nSPS) is 16.6. The molecule has 0 bridgehead atoms. The van der Waals surface area contributed by atoms with Crippen LogP contribution in [0.15, 0.2) is 73.9 Å². The van der Waals surface area contributed by atoms with E-state index in [0.717, 1.165) is 0 Å². The molecular weight excluding hydrogens is 636 g/mol. The fourth-order valence-electron chi connectivity index (χ4n) is 4.66. The van der Waals surface area contributed by atoms with Crippen molar-refractivity contribution in [3.63, 3.8) is 0 Å². The number of hydrogen-bond acceptors (Lipinski definition) is 7. The third kappa shape index (κ3) is 6.62. The van der Waals surface area contributed by atoms with Gasteiger partial charge in [-0.05, 0) is 66.9 Å². The Morgan fingerprint density at radius 1 is 1.05 bits per heavy atom. The van der Waals surface area contributed by atoms with Crippen LogP contribution in [0.3, 0.4) is 0 Å². The zero-order valence-corrected chi connectivity index (χ0v) is 26.4. The minimum Gasteiger partial charge on any atom is -0.334 e. The number of aromatic nitrogens is 2. The van der Waals surface area contributed by atoms with Crippen LogP contribution in [0, 0.1) is 10.6 Å². The van der Waals surface area contributed by atoms with Crippen LogP contribution < -0.4 is 5.32 Å². The van der Waals surface area contributed by atoms with Crippen LogP contribution in [0.2, 0.25) is 10.0 Å². The molecule has 3 aromatic carbocycles. The summed E-state index contributed by atoms with van der Waals surface area (Å²) in [6, 6.07) is 15.5. The summed E-state index contributed by atoms with van der Waals surface area (Å²) >= 11 is 13.4. The Hall–Kier alpha value is -3.32. The van der Waals surface area contributed by atoms with Gasteiger partial charge in [-0.15, -0.1) is 3.77 Å². The van der Waals surface area contributed by atoms with Gasteiger partial charge < -0.3 is 9.84 Å². The largest absolute Gasteiger partial charge is 0.334 e.